The van der Waals surface area contributed by atoms with E-state index in [2.05, 4.69) is 6.92 Å². The molecule has 1 unspecified atom stereocenters. The van der Waals surface area contributed by atoms with Gasteiger partial charge in [-0.2, -0.15) is 0 Å². The lowest BCUT2D eigenvalue weighted by atomic mass is 10.1. The summed E-state index contributed by atoms with van der Waals surface area (Å²) in [5, 5.41) is 17.5. The maximum absolute atomic E-state index is 9.02. The van der Waals surface area contributed by atoms with Crippen molar-refractivity contribution < 1.29 is 10.2 Å². The van der Waals surface area contributed by atoms with Crippen LogP contribution in [0.15, 0.2) is 30.3 Å². The van der Waals surface area contributed by atoms with Crippen LogP contribution in [0, 0.1) is 0 Å². The first kappa shape index (κ1) is 18.1. The molecule has 0 aliphatic carbocycles. The van der Waals surface area contributed by atoms with E-state index >= 15 is 0 Å². The zero-order valence-electron chi connectivity index (χ0n) is 12.5. The number of benzene rings is 1. The molecule has 0 saturated heterocycles. The van der Waals surface area contributed by atoms with Gasteiger partial charge in [0, 0.05) is 6.61 Å². The van der Waals surface area contributed by atoms with Gasteiger partial charge in [-0.1, -0.05) is 75.8 Å². The van der Waals surface area contributed by atoms with E-state index in [1.54, 1.807) is 6.92 Å². The molecule has 110 valence electrons. The highest BCUT2D eigenvalue weighted by molar-refractivity contribution is 5.16. The maximum Gasteiger partial charge on any atom is 0.0761 e. The van der Waals surface area contributed by atoms with Gasteiger partial charge in [-0.3, -0.25) is 0 Å². The lowest BCUT2D eigenvalue weighted by Crippen LogP contribution is -1.87. The van der Waals surface area contributed by atoms with Crippen molar-refractivity contribution in [3.8, 4) is 0 Å². The van der Waals surface area contributed by atoms with Gasteiger partial charge in [0.25, 0.3) is 0 Å². The smallest absolute Gasteiger partial charge is 0.0761 e. The molecule has 1 aromatic carbocycles. The summed E-state index contributed by atoms with van der Waals surface area (Å²) in [6.45, 7) is 4.36. The Morgan fingerprint density at radius 1 is 0.895 bits per heavy atom. The summed E-state index contributed by atoms with van der Waals surface area (Å²) >= 11 is 0. The van der Waals surface area contributed by atoms with Crippen molar-refractivity contribution in [1.82, 2.24) is 0 Å². The molecule has 0 radical (unpaired) electrons. The van der Waals surface area contributed by atoms with Gasteiger partial charge in [-0.15, -0.1) is 0 Å². The summed E-state index contributed by atoms with van der Waals surface area (Å²) in [6, 6.07) is 9.59. The third kappa shape index (κ3) is 11.9. The third-order valence-electron chi connectivity index (χ3n) is 3.04. The molecule has 0 fully saturated rings. The zero-order chi connectivity index (χ0) is 14.3. The van der Waals surface area contributed by atoms with Crippen LogP contribution in [0.4, 0.5) is 0 Å². The number of rotatable bonds is 8. The first-order chi connectivity index (χ1) is 9.22. The standard InChI is InChI=1S/C9H20O.C8H10O/c1-2-3-4-5-6-7-8-9-10;1-7(9)8-5-3-2-4-6-8/h10H,2-9H2,1H3;2-7,9H,1H3. The molecule has 0 aliphatic rings. The van der Waals surface area contributed by atoms with Gasteiger partial charge in [-0.25, -0.2) is 0 Å². The molecule has 0 amide bonds. The monoisotopic (exact) mass is 266 g/mol. The van der Waals surface area contributed by atoms with Crippen LogP contribution in [0.5, 0.6) is 0 Å². The second-order valence-corrected chi connectivity index (χ2v) is 4.93. The van der Waals surface area contributed by atoms with Crippen LogP contribution < -0.4 is 0 Å². The summed E-state index contributed by atoms with van der Waals surface area (Å²) in [5.74, 6) is 0. The SMILES string of the molecule is CC(O)c1ccccc1.CCCCCCCCCO. The highest BCUT2D eigenvalue weighted by atomic mass is 16.3. The number of hydrogen-bond donors (Lipinski definition) is 2. The molecular formula is C17H30O2. The summed E-state index contributed by atoms with van der Waals surface area (Å²) in [4.78, 5) is 0. The van der Waals surface area contributed by atoms with E-state index in [1.807, 2.05) is 30.3 Å². The fourth-order valence-corrected chi connectivity index (χ4v) is 1.80. The second-order valence-electron chi connectivity index (χ2n) is 4.93. The Kier molecular flexibility index (Phi) is 13.0. The molecule has 1 atom stereocenters. The predicted octanol–water partition coefficient (Wildman–Crippen LogP) is 4.47. The molecule has 1 rings (SSSR count). The summed E-state index contributed by atoms with van der Waals surface area (Å²) in [7, 11) is 0. The Morgan fingerprint density at radius 2 is 1.42 bits per heavy atom. The Labute approximate surface area is 118 Å². The van der Waals surface area contributed by atoms with Gasteiger partial charge >= 0.3 is 0 Å². The number of aliphatic hydroxyl groups excluding tert-OH is 2. The normalized spacial score (nSPS) is 11.6. The van der Waals surface area contributed by atoms with E-state index in [4.69, 9.17) is 10.2 Å². The molecule has 0 bridgehead atoms. The van der Waals surface area contributed by atoms with Gasteiger partial charge in [-0.05, 0) is 18.9 Å². The number of unbranched alkanes of at least 4 members (excludes halogenated alkanes) is 6. The Hall–Kier alpha value is -0.860. The van der Waals surface area contributed by atoms with E-state index in [-0.39, 0.29) is 6.10 Å². The van der Waals surface area contributed by atoms with Gasteiger partial charge in [0.15, 0.2) is 0 Å². The van der Waals surface area contributed by atoms with Crippen molar-refractivity contribution >= 4 is 0 Å². The molecule has 1 aromatic rings. The van der Waals surface area contributed by atoms with E-state index < -0.39 is 0 Å². The fourth-order valence-electron chi connectivity index (χ4n) is 1.80. The Balaban J connectivity index is 0.000000342. The molecule has 0 spiro atoms. The third-order valence-corrected chi connectivity index (χ3v) is 3.04. The number of hydrogen-bond acceptors (Lipinski definition) is 2. The van der Waals surface area contributed by atoms with Gasteiger partial charge in [0.2, 0.25) is 0 Å². The molecule has 0 aromatic heterocycles. The topological polar surface area (TPSA) is 40.5 Å². The lowest BCUT2D eigenvalue weighted by Gasteiger charge is -2.00. The summed E-state index contributed by atoms with van der Waals surface area (Å²) in [6.07, 6.45) is 8.59. The average Bonchev–Trinajstić information content (AvgIpc) is 2.44. The minimum absolute atomic E-state index is 0.341. The molecular weight excluding hydrogens is 236 g/mol. The van der Waals surface area contributed by atoms with E-state index in [0.29, 0.717) is 6.61 Å². The molecule has 0 heterocycles. The van der Waals surface area contributed by atoms with Crippen molar-refractivity contribution in [3.63, 3.8) is 0 Å². The molecule has 0 saturated carbocycles. The van der Waals surface area contributed by atoms with Gasteiger partial charge < -0.3 is 10.2 Å². The second kappa shape index (κ2) is 13.6. The van der Waals surface area contributed by atoms with Crippen LogP contribution in [-0.2, 0) is 0 Å². The average molecular weight is 266 g/mol. The first-order valence-corrected chi connectivity index (χ1v) is 7.56. The Morgan fingerprint density at radius 3 is 1.84 bits per heavy atom. The Bertz CT molecular complexity index is 262. The van der Waals surface area contributed by atoms with Crippen LogP contribution in [0.1, 0.15) is 70.5 Å². The highest BCUT2D eigenvalue weighted by Gasteiger charge is 1.95. The van der Waals surface area contributed by atoms with E-state index in [0.717, 1.165) is 12.0 Å². The molecule has 19 heavy (non-hydrogen) atoms. The van der Waals surface area contributed by atoms with Crippen molar-refractivity contribution in [3.05, 3.63) is 35.9 Å². The minimum atomic E-state index is -0.341. The minimum Gasteiger partial charge on any atom is -0.396 e. The van der Waals surface area contributed by atoms with Crippen LogP contribution >= 0.6 is 0 Å². The van der Waals surface area contributed by atoms with Crippen molar-refractivity contribution in [2.75, 3.05) is 6.61 Å². The van der Waals surface area contributed by atoms with E-state index in [1.165, 1.54) is 38.5 Å². The van der Waals surface area contributed by atoms with Gasteiger partial charge in [0.1, 0.15) is 0 Å². The quantitative estimate of drug-likeness (QED) is 0.682. The first-order valence-electron chi connectivity index (χ1n) is 7.56. The molecule has 0 aliphatic heterocycles. The molecule has 2 N–H and O–H groups in total. The fraction of sp³-hybridized carbons (Fsp3) is 0.647. The van der Waals surface area contributed by atoms with Crippen LogP contribution in [0.25, 0.3) is 0 Å². The van der Waals surface area contributed by atoms with Gasteiger partial charge in [0.05, 0.1) is 6.10 Å². The number of aliphatic hydroxyl groups is 2. The maximum atomic E-state index is 9.02. The molecule has 2 heteroatoms. The van der Waals surface area contributed by atoms with Crippen molar-refractivity contribution in [1.29, 1.82) is 0 Å². The summed E-state index contributed by atoms with van der Waals surface area (Å²) in [5.41, 5.74) is 0.970. The largest absolute Gasteiger partial charge is 0.396 e. The van der Waals surface area contributed by atoms with Crippen LogP contribution in [0.2, 0.25) is 0 Å². The predicted molar refractivity (Wildman–Crippen MR) is 82.2 cm³/mol. The van der Waals surface area contributed by atoms with Crippen LogP contribution in [-0.4, -0.2) is 16.8 Å². The summed E-state index contributed by atoms with van der Waals surface area (Å²) < 4.78 is 0. The zero-order valence-corrected chi connectivity index (χ0v) is 12.5. The molecule has 2 nitrogen and oxygen atoms in total. The van der Waals surface area contributed by atoms with E-state index in [9.17, 15) is 0 Å². The lowest BCUT2D eigenvalue weighted by molar-refractivity contribution is 0.199. The van der Waals surface area contributed by atoms with Crippen LogP contribution in [0.3, 0.4) is 0 Å². The van der Waals surface area contributed by atoms with Crippen molar-refractivity contribution in [2.45, 2.75) is 64.9 Å². The highest BCUT2D eigenvalue weighted by Crippen LogP contribution is 2.09. The van der Waals surface area contributed by atoms with Crippen molar-refractivity contribution in [2.24, 2.45) is 0 Å².